The molecule has 0 spiro atoms. The average molecular weight is 501 g/mol. The standard InChI is InChI=1S/C21H23BrNO4S.ClH/c22-17-4-1-3-15(11-17)14-26-21(25)27-19-13-23(8-6-16(19)7-9-23)12-18(24)20-5-2-10-28-20;/h1-5,10-11,16,19H,6-9,12-14H2;1H/q+1;/p-1/t16?,19-,23?;/m0./s1. The molecule has 1 aromatic carbocycles. The Morgan fingerprint density at radius 2 is 1.97 bits per heavy atom. The zero-order valence-corrected chi connectivity index (χ0v) is 19.0. The van der Waals surface area contributed by atoms with Crippen molar-refractivity contribution in [3.05, 3.63) is 56.7 Å². The summed E-state index contributed by atoms with van der Waals surface area (Å²) >= 11 is 4.90. The van der Waals surface area contributed by atoms with Gasteiger partial charge in [-0.15, -0.1) is 11.3 Å². The third-order valence-corrected chi connectivity index (χ3v) is 7.21. The first-order chi connectivity index (χ1) is 13.5. The molecule has 29 heavy (non-hydrogen) atoms. The Hall–Kier alpha value is -1.41. The zero-order chi connectivity index (χ0) is 19.6. The van der Waals surface area contributed by atoms with Gasteiger partial charge in [-0.1, -0.05) is 34.1 Å². The van der Waals surface area contributed by atoms with Gasteiger partial charge in [-0.2, -0.15) is 0 Å². The number of thiophene rings is 1. The molecule has 2 aromatic rings. The molecule has 0 unspecified atom stereocenters. The maximum absolute atomic E-state index is 12.6. The van der Waals surface area contributed by atoms with Crippen LogP contribution >= 0.6 is 27.3 Å². The molecule has 4 heterocycles. The molecule has 1 atom stereocenters. The number of ether oxygens (including phenoxy) is 2. The molecule has 156 valence electrons. The summed E-state index contributed by atoms with van der Waals surface area (Å²) in [5.41, 5.74) is 0.908. The number of halogens is 2. The fraction of sp³-hybridized carbons (Fsp3) is 0.429. The van der Waals surface area contributed by atoms with E-state index in [1.807, 2.05) is 41.8 Å². The molecule has 0 radical (unpaired) electrons. The first kappa shape index (κ1) is 22.3. The van der Waals surface area contributed by atoms with Crippen LogP contribution in [0, 0.1) is 5.92 Å². The molecule has 2 bridgehead atoms. The second-order valence-electron chi connectivity index (χ2n) is 7.69. The van der Waals surface area contributed by atoms with Gasteiger partial charge in [0.1, 0.15) is 19.7 Å². The Labute approximate surface area is 189 Å². The number of fused-ring (bicyclic) bond motifs is 3. The lowest BCUT2D eigenvalue weighted by molar-refractivity contribution is -0.938. The Balaban J connectivity index is 0.00000240. The summed E-state index contributed by atoms with van der Waals surface area (Å²) in [6.07, 6.45) is 1.18. The number of benzene rings is 1. The number of rotatable bonds is 6. The van der Waals surface area contributed by atoms with Gasteiger partial charge < -0.3 is 26.4 Å². The van der Waals surface area contributed by atoms with Crippen LogP contribution in [0.4, 0.5) is 4.79 Å². The van der Waals surface area contributed by atoms with E-state index in [2.05, 4.69) is 15.9 Å². The fourth-order valence-electron chi connectivity index (χ4n) is 4.32. The molecule has 5 rings (SSSR count). The van der Waals surface area contributed by atoms with Crippen LogP contribution in [0.2, 0.25) is 0 Å². The van der Waals surface area contributed by atoms with Crippen molar-refractivity contribution in [2.75, 3.05) is 26.2 Å². The number of quaternary nitrogens is 1. The minimum absolute atomic E-state index is 0. The van der Waals surface area contributed by atoms with Crippen LogP contribution in [0.1, 0.15) is 28.1 Å². The van der Waals surface area contributed by atoms with E-state index in [9.17, 15) is 9.59 Å². The van der Waals surface area contributed by atoms with Crippen molar-refractivity contribution in [3.63, 3.8) is 0 Å². The van der Waals surface area contributed by atoms with Gasteiger partial charge >= 0.3 is 6.16 Å². The first-order valence-electron chi connectivity index (χ1n) is 9.53. The molecule has 0 amide bonds. The minimum Gasteiger partial charge on any atom is -1.00 e. The van der Waals surface area contributed by atoms with Crippen LogP contribution in [0.25, 0.3) is 0 Å². The summed E-state index contributed by atoms with van der Waals surface area (Å²) < 4.78 is 12.7. The Morgan fingerprint density at radius 1 is 1.17 bits per heavy atom. The molecule has 3 saturated heterocycles. The van der Waals surface area contributed by atoms with Gasteiger partial charge in [0.15, 0.2) is 6.10 Å². The Bertz CT molecular complexity index is 852. The van der Waals surface area contributed by atoms with Gasteiger partial charge in [0.05, 0.1) is 18.0 Å². The summed E-state index contributed by atoms with van der Waals surface area (Å²) in [5.74, 6) is 0.557. The lowest BCUT2D eigenvalue weighted by atomic mass is 9.83. The van der Waals surface area contributed by atoms with Crippen LogP contribution in [0.5, 0.6) is 0 Å². The Kier molecular flexibility index (Phi) is 7.37. The number of piperidine rings is 3. The minimum atomic E-state index is -0.624. The van der Waals surface area contributed by atoms with Crippen LogP contribution < -0.4 is 12.4 Å². The van der Waals surface area contributed by atoms with Crippen LogP contribution in [0.3, 0.4) is 0 Å². The number of ketones is 1. The normalized spacial score (nSPS) is 25.1. The molecule has 0 saturated carbocycles. The highest BCUT2D eigenvalue weighted by molar-refractivity contribution is 9.10. The molecular formula is C21H23BrClNO4S. The van der Waals surface area contributed by atoms with Gasteiger partial charge in [0.25, 0.3) is 0 Å². The Morgan fingerprint density at radius 3 is 2.66 bits per heavy atom. The number of carbonyl (C=O) groups is 2. The monoisotopic (exact) mass is 499 g/mol. The smallest absolute Gasteiger partial charge is 0.509 e. The predicted molar refractivity (Wildman–Crippen MR) is 110 cm³/mol. The fourth-order valence-corrected chi connectivity index (χ4v) is 5.43. The lowest BCUT2D eigenvalue weighted by Crippen LogP contribution is -3.00. The number of Topliss-reactive ketones (excluding diaryl/α,β-unsaturated/α-hetero) is 1. The maximum Gasteiger partial charge on any atom is 0.509 e. The number of hydrogen-bond donors (Lipinski definition) is 0. The van der Waals surface area contributed by atoms with E-state index >= 15 is 0 Å². The molecule has 0 aliphatic carbocycles. The van der Waals surface area contributed by atoms with E-state index in [4.69, 9.17) is 9.47 Å². The van der Waals surface area contributed by atoms with Crippen molar-refractivity contribution >= 4 is 39.2 Å². The molecule has 0 N–H and O–H groups in total. The quantitative estimate of drug-likeness (QED) is 0.344. The molecule has 3 aliphatic heterocycles. The van der Waals surface area contributed by atoms with Crippen molar-refractivity contribution in [1.29, 1.82) is 0 Å². The highest BCUT2D eigenvalue weighted by Gasteiger charge is 2.48. The van der Waals surface area contributed by atoms with E-state index < -0.39 is 6.16 Å². The van der Waals surface area contributed by atoms with Crippen LogP contribution in [0.15, 0.2) is 46.3 Å². The van der Waals surface area contributed by atoms with Crippen molar-refractivity contribution in [2.45, 2.75) is 25.6 Å². The molecular weight excluding hydrogens is 478 g/mol. The average Bonchev–Trinajstić information content (AvgIpc) is 3.22. The summed E-state index contributed by atoms with van der Waals surface area (Å²) in [4.78, 5) is 25.7. The number of nitrogens with zero attached hydrogens (tertiary/aromatic N) is 1. The topological polar surface area (TPSA) is 52.6 Å². The van der Waals surface area contributed by atoms with Crippen molar-refractivity contribution < 1.29 is 36.0 Å². The summed E-state index contributed by atoms with van der Waals surface area (Å²) in [6, 6.07) is 11.4. The lowest BCUT2D eigenvalue weighted by Gasteiger charge is -2.51. The predicted octanol–water partition coefficient (Wildman–Crippen LogP) is 1.66. The summed E-state index contributed by atoms with van der Waals surface area (Å²) in [6.45, 7) is 3.34. The third kappa shape index (κ3) is 5.40. The highest BCUT2D eigenvalue weighted by atomic mass is 79.9. The van der Waals surface area contributed by atoms with E-state index in [-0.39, 0.29) is 30.9 Å². The van der Waals surface area contributed by atoms with Gasteiger partial charge in [0, 0.05) is 23.2 Å². The molecule has 3 fully saturated rings. The highest BCUT2D eigenvalue weighted by Crippen LogP contribution is 2.36. The van der Waals surface area contributed by atoms with Gasteiger partial charge in [-0.05, 0) is 29.1 Å². The number of hydrogen-bond acceptors (Lipinski definition) is 5. The van der Waals surface area contributed by atoms with Crippen molar-refractivity contribution in [3.8, 4) is 0 Å². The molecule has 8 heteroatoms. The van der Waals surface area contributed by atoms with Gasteiger partial charge in [-0.25, -0.2) is 4.79 Å². The maximum atomic E-state index is 12.6. The van der Waals surface area contributed by atoms with Gasteiger partial charge in [-0.3, -0.25) is 4.79 Å². The van der Waals surface area contributed by atoms with Crippen molar-refractivity contribution in [2.24, 2.45) is 5.92 Å². The van der Waals surface area contributed by atoms with Crippen molar-refractivity contribution in [1.82, 2.24) is 0 Å². The summed E-state index contributed by atoms with van der Waals surface area (Å²) in [7, 11) is 0. The molecule has 5 nitrogen and oxygen atoms in total. The first-order valence-corrected chi connectivity index (χ1v) is 11.2. The molecule has 1 aromatic heterocycles. The number of carbonyl (C=O) groups excluding carboxylic acids is 2. The van der Waals surface area contributed by atoms with Gasteiger partial charge in [0.2, 0.25) is 5.78 Å². The second kappa shape index (κ2) is 9.60. The second-order valence-corrected chi connectivity index (χ2v) is 9.56. The largest absolute Gasteiger partial charge is 1.00 e. The van der Waals surface area contributed by atoms with E-state index in [1.165, 1.54) is 11.3 Å². The SMILES string of the molecule is O=C(OCc1cccc(Br)c1)O[C@H]1C[N+]2(CC(=O)c3cccs3)CCC1CC2.[Cl-]. The zero-order valence-electron chi connectivity index (χ0n) is 15.9. The third-order valence-electron chi connectivity index (χ3n) is 5.81. The molecule has 3 aliphatic rings. The van der Waals surface area contributed by atoms with E-state index in [0.717, 1.165) is 45.3 Å². The van der Waals surface area contributed by atoms with E-state index in [0.29, 0.717) is 19.0 Å². The summed E-state index contributed by atoms with van der Waals surface area (Å²) in [5, 5.41) is 1.93. The van der Waals surface area contributed by atoms with Crippen LogP contribution in [-0.4, -0.2) is 48.7 Å². The van der Waals surface area contributed by atoms with Crippen LogP contribution in [-0.2, 0) is 16.1 Å². The van der Waals surface area contributed by atoms with E-state index in [1.54, 1.807) is 0 Å².